The van der Waals surface area contributed by atoms with Crippen LogP contribution in [-0.4, -0.2) is 36.5 Å². The van der Waals surface area contributed by atoms with Crippen molar-refractivity contribution < 1.29 is 18.7 Å². The van der Waals surface area contributed by atoms with Gasteiger partial charge in [0.05, 0.1) is 12.6 Å². The molecule has 1 aliphatic rings. The Morgan fingerprint density at radius 2 is 2.07 bits per heavy atom. The molecule has 2 aromatic rings. The molecule has 1 aliphatic carbocycles. The minimum absolute atomic E-state index is 0.0687. The van der Waals surface area contributed by atoms with Crippen molar-refractivity contribution in [1.29, 1.82) is 0 Å². The van der Waals surface area contributed by atoms with Crippen molar-refractivity contribution in [1.82, 2.24) is 9.88 Å². The largest absolute Gasteiger partial charge is 0.381 e. The van der Waals surface area contributed by atoms with E-state index in [4.69, 9.17) is 4.74 Å². The van der Waals surface area contributed by atoms with Crippen LogP contribution in [0.5, 0.6) is 0 Å². The molecular weight excluding hydrogens is 351 g/mol. The predicted octanol–water partition coefficient (Wildman–Crippen LogP) is 2.00. The molecule has 1 fully saturated rings. The van der Waals surface area contributed by atoms with Crippen LogP contribution >= 0.6 is 0 Å². The summed E-state index contributed by atoms with van der Waals surface area (Å²) in [6, 6.07) is 7.39. The van der Waals surface area contributed by atoms with Gasteiger partial charge in [-0.3, -0.25) is 14.4 Å². The van der Waals surface area contributed by atoms with Crippen molar-refractivity contribution in [2.24, 2.45) is 5.92 Å². The number of aromatic nitrogens is 1. The molecule has 0 radical (unpaired) electrons. The van der Waals surface area contributed by atoms with E-state index in [0.29, 0.717) is 5.56 Å². The number of carbonyl (C=O) groups is 2. The highest BCUT2D eigenvalue weighted by Gasteiger charge is 2.39. The molecule has 142 valence electrons. The summed E-state index contributed by atoms with van der Waals surface area (Å²) in [6.07, 6.45) is 2.58. The van der Waals surface area contributed by atoms with Gasteiger partial charge in [-0.05, 0) is 24.5 Å². The van der Waals surface area contributed by atoms with E-state index in [2.05, 4.69) is 5.32 Å². The first kappa shape index (κ1) is 19.0. The highest BCUT2D eigenvalue weighted by Crippen LogP contribution is 2.37. The lowest BCUT2D eigenvalue weighted by Gasteiger charge is -2.12. The van der Waals surface area contributed by atoms with Crippen LogP contribution < -0.4 is 10.9 Å². The molecule has 0 unspecified atom stereocenters. The summed E-state index contributed by atoms with van der Waals surface area (Å²) in [4.78, 5) is 37.4. The third-order valence-corrected chi connectivity index (χ3v) is 4.79. The quantitative estimate of drug-likeness (QED) is 0.754. The smallest absolute Gasteiger partial charge is 0.263 e. The van der Waals surface area contributed by atoms with Gasteiger partial charge in [0.25, 0.3) is 11.5 Å². The van der Waals surface area contributed by atoms with E-state index in [0.717, 1.165) is 6.42 Å². The Labute approximate surface area is 156 Å². The van der Waals surface area contributed by atoms with Crippen LogP contribution in [0, 0.1) is 11.7 Å². The van der Waals surface area contributed by atoms with E-state index in [1.165, 1.54) is 29.9 Å². The average Bonchev–Trinajstić information content (AvgIpc) is 3.42. The molecule has 1 amide bonds. The molecule has 27 heavy (non-hydrogen) atoms. The van der Waals surface area contributed by atoms with Gasteiger partial charge >= 0.3 is 0 Å². The zero-order valence-corrected chi connectivity index (χ0v) is 15.2. The molecule has 1 saturated carbocycles. The number of rotatable bonds is 7. The number of ketones is 1. The first-order valence-electron chi connectivity index (χ1n) is 8.70. The maximum Gasteiger partial charge on any atom is 0.263 e. The van der Waals surface area contributed by atoms with E-state index in [1.807, 2.05) is 0 Å². The fraction of sp³-hybridized carbons (Fsp3) is 0.350. The zero-order valence-electron chi connectivity index (χ0n) is 15.2. The number of methoxy groups -OCH3 is 1. The fourth-order valence-corrected chi connectivity index (χ4v) is 3.09. The van der Waals surface area contributed by atoms with E-state index < -0.39 is 17.3 Å². The average molecular weight is 372 g/mol. The second-order valence-corrected chi connectivity index (χ2v) is 6.64. The van der Waals surface area contributed by atoms with Crippen molar-refractivity contribution in [3.63, 3.8) is 0 Å². The first-order valence-corrected chi connectivity index (χ1v) is 8.70. The molecule has 0 aliphatic heterocycles. The van der Waals surface area contributed by atoms with Crippen molar-refractivity contribution >= 4 is 11.7 Å². The summed E-state index contributed by atoms with van der Waals surface area (Å²) in [6.45, 7) is -0.0687. The van der Waals surface area contributed by atoms with Gasteiger partial charge in [0, 0.05) is 37.9 Å². The number of amides is 1. The van der Waals surface area contributed by atoms with Crippen LogP contribution in [0.15, 0.2) is 41.3 Å². The molecule has 0 spiro atoms. The topological polar surface area (TPSA) is 77.4 Å². The summed E-state index contributed by atoms with van der Waals surface area (Å²) in [7, 11) is 3.01. The molecule has 1 aromatic carbocycles. The molecule has 0 bridgehead atoms. The standard InChI is InChI=1S/C20H21FN2O4/c1-22-19(25)15-7-14(17(24)8-13-9-18(13)27-2)11-23(20(15)26)10-12-5-3-4-6-16(12)21/h3-7,11,13,18H,8-10H2,1-2H3,(H,22,25)/t13-,18-/m0/s1. The summed E-state index contributed by atoms with van der Waals surface area (Å²) in [5.41, 5.74) is -0.158. The van der Waals surface area contributed by atoms with Crippen LogP contribution in [0.4, 0.5) is 4.39 Å². The Hall–Kier alpha value is -2.80. The van der Waals surface area contributed by atoms with Crippen molar-refractivity contribution in [3.05, 3.63) is 69.4 Å². The number of halogens is 1. The van der Waals surface area contributed by atoms with E-state index in [9.17, 15) is 18.8 Å². The molecular formula is C20H21FN2O4. The summed E-state index contributed by atoms with van der Waals surface area (Å²) < 4.78 is 20.4. The number of benzene rings is 1. The van der Waals surface area contributed by atoms with E-state index >= 15 is 0 Å². The summed E-state index contributed by atoms with van der Waals surface area (Å²) >= 11 is 0. The fourth-order valence-electron chi connectivity index (χ4n) is 3.09. The van der Waals surface area contributed by atoms with E-state index in [1.54, 1.807) is 25.3 Å². The third kappa shape index (κ3) is 4.14. The Kier molecular flexibility index (Phi) is 5.51. The molecule has 1 N–H and O–H groups in total. The van der Waals surface area contributed by atoms with Crippen molar-refractivity contribution in [2.75, 3.05) is 14.2 Å². The van der Waals surface area contributed by atoms with Crippen molar-refractivity contribution in [2.45, 2.75) is 25.5 Å². The Balaban J connectivity index is 1.96. The molecule has 7 heteroatoms. The Bertz CT molecular complexity index is 938. The third-order valence-electron chi connectivity index (χ3n) is 4.79. The lowest BCUT2D eigenvalue weighted by Crippen LogP contribution is -2.32. The highest BCUT2D eigenvalue weighted by molar-refractivity contribution is 6.00. The number of hydrogen-bond donors (Lipinski definition) is 1. The Morgan fingerprint density at radius 1 is 1.33 bits per heavy atom. The predicted molar refractivity (Wildman–Crippen MR) is 97.4 cm³/mol. The van der Waals surface area contributed by atoms with Crippen molar-refractivity contribution in [3.8, 4) is 0 Å². The molecule has 1 heterocycles. The minimum Gasteiger partial charge on any atom is -0.381 e. The van der Waals surface area contributed by atoms with Crippen LogP contribution in [0.25, 0.3) is 0 Å². The van der Waals surface area contributed by atoms with Crippen LogP contribution in [0.3, 0.4) is 0 Å². The van der Waals surface area contributed by atoms with Crippen LogP contribution in [-0.2, 0) is 11.3 Å². The second kappa shape index (κ2) is 7.84. The van der Waals surface area contributed by atoms with Gasteiger partial charge in [-0.2, -0.15) is 0 Å². The number of pyridine rings is 1. The maximum atomic E-state index is 14.0. The summed E-state index contributed by atoms with van der Waals surface area (Å²) in [5, 5.41) is 2.40. The van der Waals surface area contributed by atoms with Gasteiger partial charge in [-0.15, -0.1) is 0 Å². The van der Waals surface area contributed by atoms with Gasteiger partial charge in [-0.25, -0.2) is 4.39 Å². The molecule has 1 aromatic heterocycles. The van der Waals surface area contributed by atoms with E-state index in [-0.39, 0.29) is 41.9 Å². The number of Topliss-reactive ketones (excluding diaryl/α,β-unsaturated/α-hetero) is 1. The highest BCUT2D eigenvalue weighted by atomic mass is 19.1. The SMILES string of the molecule is CNC(=O)c1cc(C(=O)C[C@H]2C[C@@H]2OC)cn(Cc2ccccc2F)c1=O. The molecule has 6 nitrogen and oxygen atoms in total. The number of nitrogens with zero attached hydrogens (tertiary/aromatic N) is 1. The lowest BCUT2D eigenvalue weighted by molar-refractivity contribution is 0.0957. The van der Waals surface area contributed by atoms with Gasteiger partial charge in [-0.1, -0.05) is 18.2 Å². The van der Waals surface area contributed by atoms with Gasteiger partial charge in [0.2, 0.25) is 0 Å². The summed E-state index contributed by atoms with van der Waals surface area (Å²) in [5.74, 6) is -1.06. The monoisotopic (exact) mass is 372 g/mol. The number of nitrogens with one attached hydrogen (secondary N) is 1. The van der Waals surface area contributed by atoms with Gasteiger partial charge < -0.3 is 14.6 Å². The maximum absolute atomic E-state index is 14.0. The molecule has 0 saturated heterocycles. The molecule has 3 rings (SSSR count). The Morgan fingerprint density at radius 3 is 2.70 bits per heavy atom. The number of hydrogen-bond acceptors (Lipinski definition) is 4. The lowest BCUT2D eigenvalue weighted by atomic mass is 10.0. The van der Waals surface area contributed by atoms with Gasteiger partial charge in [0.15, 0.2) is 5.78 Å². The second-order valence-electron chi connectivity index (χ2n) is 6.64. The zero-order chi connectivity index (χ0) is 19.6. The van der Waals surface area contributed by atoms with Crippen LogP contribution in [0.2, 0.25) is 0 Å². The number of ether oxygens (including phenoxy) is 1. The van der Waals surface area contributed by atoms with Gasteiger partial charge in [0.1, 0.15) is 11.4 Å². The number of carbonyl (C=O) groups excluding carboxylic acids is 2. The normalized spacial score (nSPS) is 18.2. The first-order chi connectivity index (χ1) is 12.9. The minimum atomic E-state index is -0.585. The van der Waals surface area contributed by atoms with Crippen LogP contribution in [0.1, 0.15) is 39.1 Å². The molecule has 2 atom stereocenters.